The number of carbonyl (C=O) groups excluding carboxylic acids is 2. The fourth-order valence-electron chi connectivity index (χ4n) is 3.25. The van der Waals surface area contributed by atoms with Gasteiger partial charge in [0.2, 0.25) is 5.79 Å². The van der Waals surface area contributed by atoms with E-state index in [0.29, 0.717) is 11.3 Å². The fourth-order valence-corrected chi connectivity index (χ4v) is 3.25. The summed E-state index contributed by atoms with van der Waals surface area (Å²) >= 11 is 0. The summed E-state index contributed by atoms with van der Waals surface area (Å²) in [6.07, 6.45) is 3.76. The molecule has 0 saturated carbocycles. The Bertz CT molecular complexity index is 812. The largest absolute Gasteiger partial charge is 0.481 e. The van der Waals surface area contributed by atoms with Crippen LogP contribution in [-0.2, 0) is 16.1 Å². The van der Waals surface area contributed by atoms with Gasteiger partial charge in [-0.15, -0.1) is 6.42 Å². The molecular weight excluding hydrogens is 391 g/mol. The molecule has 0 bridgehead atoms. The number of halogens is 1. The number of piperazine rings is 1. The van der Waals surface area contributed by atoms with Crippen LogP contribution in [0.5, 0.6) is 5.75 Å². The van der Waals surface area contributed by atoms with Crippen molar-refractivity contribution in [1.82, 2.24) is 9.80 Å². The van der Waals surface area contributed by atoms with Crippen molar-refractivity contribution in [1.29, 1.82) is 0 Å². The minimum atomic E-state index is -2.11. The van der Waals surface area contributed by atoms with Crippen molar-refractivity contribution >= 4 is 12.2 Å². The van der Waals surface area contributed by atoms with Crippen LogP contribution < -0.4 is 4.74 Å². The maximum absolute atomic E-state index is 15.3. The molecule has 7 nitrogen and oxygen atoms in total. The molecule has 1 heterocycles. The molecule has 0 aromatic heterocycles. The predicted octanol–water partition coefficient (Wildman–Crippen LogP) is 3.96. The minimum absolute atomic E-state index is 0.0544. The van der Waals surface area contributed by atoms with Gasteiger partial charge < -0.3 is 19.1 Å². The Labute approximate surface area is 177 Å². The Balaban J connectivity index is 2.01. The number of rotatable bonds is 4. The van der Waals surface area contributed by atoms with Gasteiger partial charge in [-0.3, -0.25) is 4.90 Å². The monoisotopic (exact) mass is 420 g/mol. The van der Waals surface area contributed by atoms with Gasteiger partial charge in [-0.2, -0.15) is 0 Å². The average molecular weight is 420 g/mol. The molecule has 164 valence electrons. The molecule has 1 aromatic rings. The maximum atomic E-state index is 15.3. The van der Waals surface area contributed by atoms with Crippen LogP contribution in [0.2, 0.25) is 0 Å². The van der Waals surface area contributed by atoms with E-state index in [4.69, 9.17) is 20.6 Å². The smallest absolute Gasteiger partial charge is 0.412 e. The zero-order chi connectivity index (χ0) is 22.5. The molecule has 0 aliphatic carbocycles. The predicted molar refractivity (Wildman–Crippen MR) is 110 cm³/mol. The number of hydrogen-bond acceptors (Lipinski definition) is 5. The first-order valence-electron chi connectivity index (χ1n) is 9.71. The van der Waals surface area contributed by atoms with E-state index in [0.717, 1.165) is 4.90 Å². The van der Waals surface area contributed by atoms with Crippen LogP contribution in [0.4, 0.5) is 14.0 Å². The fraction of sp³-hybridized carbons (Fsp3) is 0.545. The first-order valence-corrected chi connectivity index (χ1v) is 9.71. The molecule has 1 aliphatic rings. The lowest BCUT2D eigenvalue weighted by atomic mass is 10.1. The number of amides is 2. The minimum Gasteiger partial charge on any atom is -0.481 e. The van der Waals surface area contributed by atoms with Gasteiger partial charge in [0, 0.05) is 6.54 Å². The molecule has 1 saturated heterocycles. The summed E-state index contributed by atoms with van der Waals surface area (Å²) in [6.45, 7) is 8.02. The highest BCUT2D eigenvalue weighted by atomic mass is 19.1. The zero-order valence-corrected chi connectivity index (χ0v) is 18.1. The number of benzene rings is 1. The summed E-state index contributed by atoms with van der Waals surface area (Å²) in [6, 6.07) is 6.34. The average Bonchev–Trinajstić information content (AvgIpc) is 2.62. The van der Waals surface area contributed by atoms with Crippen LogP contribution in [-0.4, -0.2) is 59.1 Å². The van der Waals surface area contributed by atoms with Crippen molar-refractivity contribution in [2.75, 3.05) is 19.7 Å². The first-order chi connectivity index (χ1) is 13.9. The standard InChI is InChI=1S/C22H29FN2O5/c1-7-11-28-18-10-8-9-17(12-18)14-29-20(27)25-16(2)13-24(15-22(25,6)23)19(26)30-21(3,4)5/h1,8-10,12,16H,11,13-15H2,2-6H3. The second-order valence-electron chi connectivity index (χ2n) is 8.42. The molecule has 30 heavy (non-hydrogen) atoms. The third-order valence-corrected chi connectivity index (χ3v) is 4.34. The topological polar surface area (TPSA) is 68.3 Å². The van der Waals surface area contributed by atoms with E-state index in [-0.39, 0.29) is 26.3 Å². The first kappa shape index (κ1) is 23.3. The Morgan fingerprint density at radius 3 is 2.63 bits per heavy atom. The van der Waals surface area contributed by atoms with Crippen LogP contribution in [0.1, 0.15) is 40.2 Å². The Hall–Kier alpha value is -2.95. The number of hydrogen-bond donors (Lipinski definition) is 0. The summed E-state index contributed by atoms with van der Waals surface area (Å²) in [5.74, 6) is 0.818. The van der Waals surface area contributed by atoms with Gasteiger partial charge in [0.25, 0.3) is 0 Å². The summed E-state index contributed by atoms with van der Waals surface area (Å²) in [7, 11) is 0. The highest BCUT2D eigenvalue weighted by molar-refractivity contribution is 5.72. The van der Waals surface area contributed by atoms with E-state index in [2.05, 4.69) is 5.92 Å². The van der Waals surface area contributed by atoms with Crippen LogP contribution in [0.3, 0.4) is 0 Å². The van der Waals surface area contributed by atoms with E-state index >= 15 is 4.39 Å². The molecule has 0 radical (unpaired) electrons. The van der Waals surface area contributed by atoms with Crippen molar-refractivity contribution in [3.05, 3.63) is 29.8 Å². The third kappa shape index (κ3) is 6.28. The van der Waals surface area contributed by atoms with Gasteiger partial charge in [0.15, 0.2) is 0 Å². The number of terminal acetylenes is 1. The van der Waals surface area contributed by atoms with Crippen LogP contribution in [0.15, 0.2) is 24.3 Å². The lowest BCUT2D eigenvalue weighted by Crippen LogP contribution is -2.65. The zero-order valence-electron chi connectivity index (χ0n) is 18.1. The number of nitrogens with zero attached hydrogens (tertiary/aromatic N) is 2. The number of carbonyl (C=O) groups is 2. The van der Waals surface area contributed by atoms with Crippen LogP contribution in [0, 0.1) is 12.3 Å². The quantitative estimate of drug-likeness (QED) is 0.545. The molecule has 2 rings (SSSR count). The van der Waals surface area contributed by atoms with E-state index in [9.17, 15) is 9.59 Å². The molecule has 1 fully saturated rings. The van der Waals surface area contributed by atoms with Gasteiger partial charge in [0.1, 0.15) is 24.6 Å². The molecule has 1 aromatic carbocycles. The summed E-state index contributed by atoms with van der Waals surface area (Å²) < 4.78 is 31.3. The Morgan fingerprint density at radius 1 is 1.33 bits per heavy atom. The van der Waals surface area contributed by atoms with Gasteiger partial charge >= 0.3 is 12.2 Å². The molecule has 1 aliphatic heterocycles. The lowest BCUT2D eigenvalue weighted by molar-refractivity contribution is -0.0963. The summed E-state index contributed by atoms with van der Waals surface area (Å²) in [5, 5.41) is 0. The molecule has 8 heteroatoms. The van der Waals surface area contributed by atoms with Gasteiger partial charge in [-0.05, 0) is 52.3 Å². The second kappa shape index (κ2) is 9.24. The van der Waals surface area contributed by atoms with Crippen LogP contribution >= 0.6 is 0 Å². The van der Waals surface area contributed by atoms with Crippen LogP contribution in [0.25, 0.3) is 0 Å². The molecular formula is C22H29FN2O5. The van der Waals surface area contributed by atoms with Crippen molar-refractivity contribution in [2.45, 2.75) is 58.7 Å². The molecule has 0 N–H and O–H groups in total. The Kier molecular flexibility index (Phi) is 7.19. The number of alkyl halides is 1. The maximum Gasteiger partial charge on any atom is 0.412 e. The van der Waals surface area contributed by atoms with E-state index in [1.54, 1.807) is 52.0 Å². The summed E-state index contributed by atoms with van der Waals surface area (Å²) in [5.41, 5.74) is -0.0137. The third-order valence-electron chi connectivity index (χ3n) is 4.34. The van der Waals surface area contributed by atoms with Gasteiger partial charge in [-0.25, -0.2) is 14.0 Å². The van der Waals surface area contributed by atoms with E-state index < -0.39 is 29.6 Å². The van der Waals surface area contributed by atoms with Gasteiger partial charge in [0.05, 0.1) is 12.6 Å². The van der Waals surface area contributed by atoms with Crippen molar-refractivity contribution in [2.24, 2.45) is 0 Å². The second-order valence-corrected chi connectivity index (χ2v) is 8.42. The number of ether oxygens (including phenoxy) is 3. The normalized spacial score (nSPS) is 21.6. The van der Waals surface area contributed by atoms with Crippen molar-refractivity contribution in [3.8, 4) is 18.1 Å². The van der Waals surface area contributed by atoms with Crippen molar-refractivity contribution < 1.29 is 28.2 Å². The molecule has 2 unspecified atom stereocenters. The Morgan fingerprint density at radius 2 is 2.03 bits per heavy atom. The van der Waals surface area contributed by atoms with E-state index in [1.165, 1.54) is 11.8 Å². The SMILES string of the molecule is C#CCOc1cccc(COC(=O)N2C(C)CN(C(=O)OC(C)(C)C)CC2(C)F)c1. The highest BCUT2D eigenvalue weighted by Crippen LogP contribution is 2.29. The van der Waals surface area contributed by atoms with Crippen molar-refractivity contribution in [3.63, 3.8) is 0 Å². The highest BCUT2D eigenvalue weighted by Gasteiger charge is 2.47. The molecule has 0 spiro atoms. The van der Waals surface area contributed by atoms with Gasteiger partial charge in [-0.1, -0.05) is 18.1 Å². The molecule has 2 amide bonds. The molecule has 2 atom stereocenters. The summed E-state index contributed by atoms with van der Waals surface area (Å²) in [4.78, 5) is 27.2. The lowest BCUT2D eigenvalue weighted by Gasteiger charge is -2.46. The van der Waals surface area contributed by atoms with E-state index in [1.807, 2.05) is 0 Å².